The van der Waals surface area contributed by atoms with Crippen LogP contribution in [-0.4, -0.2) is 22.7 Å². The van der Waals surface area contributed by atoms with Crippen molar-refractivity contribution < 1.29 is 14.3 Å². The zero-order valence-corrected chi connectivity index (χ0v) is 14.5. The molecule has 0 saturated carbocycles. The van der Waals surface area contributed by atoms with Gasteiger partial charge in [0, 0.05) is 25.5 Å². The molecule has 0 bridgehead atoms. The van der Waals surface area contributed by atoms with Gasteiger partial charge in [-0.1, -0.05) is 12.1 Å². The molecule has 27 heavy (non-hydrogen) atoms. The molecule has 7 heteroatoms. The molecule has 1 amide bonds. The maximum absolute atomic E-state index is 12.3. The topological polar surface area (TPSA) is 85.4 Å². The van der Waals surface area contributed by atoms with E-state index in [2.05, 4.69) is 20.6 Å². The molecule has 2 N–H and O–H groups in total. The maximum Gasteiger partial charge on any atom is 0.270 e. The number of fused-ring (bicyclic) bond motifs is 1. The van der Waals surface area contributed by atoms with Crippen LogP contribution >= 0.6 is 0 Å². The van der Waals surface area contributed by atoms with E-state index in [1.165, 1.54) is 0 Å². The van der Waals surface area contributed by atoms with E-state index in [4.69, 9.17) is 9.47 Å². The summed E-state index contributed by atoms with van der Waals surface area (Å²) in [4.78, 5) is 20.6. The lowest BCUT2D eigenvalue weighted by Gasteiger charge is -2.08. The Morgan fingerprint density at radius 1 is 1.00 bits per heavy atom. The number of nitrogens with zero attached hydrogens (tertiary/aromatic N) is 2. The number of carbonyl (C=O) groups excluding carboxylic acids is 1. The third-order valence-electron chi connectivity index (χ3n) is 4.11. The fraction of sp³-hybridized carbons (Fsp3) is 0.150. The Balaban J connectivity index is 1.31. The summed E-state index contributed by atoms with van der Waals surface area (Å²) in [5, 5.41) is 6.11. The molecule has 136 valence electrons. The molecule has 3 heterocycles. The van der Waals surface area contributed by atoms with Crippen molar-refractivity contribution >= 4 is 11.6 Å². The van der Waals surface area contributed by atoms with Crippen molar-refractivity contribution in [1.29, 1.82) is 0 Å². The van der Waals surface area contributed by atoms with Gasteiger partial charge in [-0.3, -0.25) is 9.78 Å². The van der Waals surface area contributed by atoms with E-state index in [1.807, 2.05) is 36.4 Å². The van der Waals surface area contributed by atoms with Crippen molar-refractivity contribution in [3.63, 3.8) is 0 Å². The number of anilines is 1. The molecule has 0 spiro atoms. The van der Waals surface area contributed by atoms with Gasteiger partial charge in [-0.15, -0.1) is 0 Å². The lowest BCUT2D eigenvalue weighted by Crippen LogP contribution is -2.23. The number of hydrogen-bond donors (Lipinski definition) is 2. The number of hydrogen-bond acceptors (Lipinski definition) is 6. The van der Waals surface area contributed by atoms with Crippen LogP contribution in [0.5, 0.6) is 11.5 Å². The first-order valence-electron chi connectivity index (χ1n) is 8.53. The number of aromatic nitrogens is 2. The van der Waals surface area contributed by atoms with Crippen molar-refractivity contribution in [3.8, 4) is 11.5 Å². The molecule has 0 unspecified atom stereocenters. The average Bonchev–Trinajstić information content (AvgIpc) is 3.19. The SMILES string of the molecule is O=C(NCc1ccc2c(c1)OCO2)c1ccc(NCc2cccnc2)cn1. The van der Waals surface area contributed by atoms with Crippen molar-refractivity contribution in [2.24, 2.45) is 0 Å². The maximum atomic E-state index is 12.3. The Kier molecular flexibility index (Phi) is 4.82. The summed E-state index contributed by atoms with van der Waals surface area (Å²) < 4.78 is 10.6. The van der Waals surface area contributed by atoms with Crippen LogP contribution in [0.25, 0.3) is 0 Å². The van der Waals surface area contributed by atoms with Gasteiger partial charge >= 0.3 is 0 Å². The van der Waals surface area contributed by atoms with Crippen LogP contribution in [0.4, 0.5) is 5.69 Å². The smallest absolute Gasteiger partial charge is 0.270 e. The van der Waals surface area contributed by atoms with Gasteiger partial charge < -0.3 is 20.1 Å². The Morgan fingerprint density at radius 2 is 1.93 bits per heavy atom. The van der Waals surface area contributed by atoms with Gasteiger partial charge in [-0.2, -0.15) is 0 Å². The van der Waals surface area contributed by atoms with E-state index in [1.54, 1.807) is 24.7 Å². The molecule has 0 fully saturated rings. The van der Waals surface area contributed by atoms with E-state index < -0.39 is 0 Å². The summed E-state index contributed by atoms with van der Waals surface area (Å²) >= 11 is 0. The Hall–Kier alpha value is -3.61. The first-order chi connectivity index (χ1) is 13.3. The summed E-state index contributed by atoms with van der Waals surface area (Å²) in [5.41, 5.74) is 3.21. The first kappa shape index (κ1) is 16.8. The highest BCUT2D eigenvalue weighted by atomic mass is 16.7. The number of benzene rings is 1. The normalized spacial score (nSPS) is 11.9. The van der Waals surface area contributed by atoms with E-state index in [-0.39, 0.29) is 12.7 Å². The number of amides is 1. The zero-order chi connectivity index (χ0) is 18.5. The minimum atomic E-state index is -0.230. The summed E-state index contributed by atoms with van der Waals surface area (Å²) in [7, 11) is 0. The molecular weight excluding hydrogens is 344 g/mol. The minimum Gasteiger partial charge on any atom is -0.454 e. The number of pyridine rings is 2. The summed E-state index contributed by atoms with van der Waals surface area (Å²) in [6.45, 7) is 1.26. The highest BCUT2D eigenvalue weighted by Crippen LogP contribution is 2.32. The molecule has 7 nitrogen and oxygen atoms in total. The molecule has 1 aromatic carbocycles. The molecule has 0 radical (unpaired) electrons. The van der Waals surface area contributed by atoms with Crippen molar-refractivity contribution in [3.05, 3.63) is 77.9 Å². The Bertz CT molecular complexity index is 930. The third kappa shape index (κ3) is 4.14. The fourth-order valence-corrected chi connectivity index (χ4v) is 2.66. The summed E-state index contributed by atoms with van der Waals surface area (Å²) in [6.07, 6.45) is 5.19. The monoisotopic (exact) mass is 362 g/mol. The number of carbonyl (C=O) groups is 1. The zero-order valence-electron chi connectivity index (χ0n) is 14.5. The van der Waals surface area contributed by atoms with Crippen molar-refractivity contribution in [2.45, 2.75) is 13.1 Å². The van der Waals surface area contributed by atoms with Crippen molar-refractivity contribution in [1.82, 2.24) is 15.3 Å². The average molecular weight is 362 g/mol. The third-order valence-corrected chi connectivity index (χ3v) is 4.11. The predicted molar refractivity (Wildman–Crippen MR) is 99.5 cm³/mol. The minimum absolute atomic E-state index is 0.230. The van der Waals surface area contributed by atoms with E-state index in [9.17, 15) is 4.79 Å². The molecule has 0 saturated heterocycles. The van der Waals surface area contributed by atoms with Gasteiger partial charge in [0.25, 0.3) is 5.91 Å². The van der Waals surface area contributed by atoms with E-state index >= 15 is 0 Å². The quantitative estimate of drug-likeness (QED) is 0.701. The van der Waals surface area contributed by atoms with Crippen molar-refractivity contribution in [2.75, 3.05) is 12.1 Å². The van der Waals surface area contributed by atoms with Crippen LogP contribution < -0.4 is 20.1 Å². The van der Waals surface area contributed by atoms with E-state index in [0.717, 1.165) is 22.6 Å². The van der Waals surface area contributed by atoms with Gasteiger partial charge in [0.1, 0.15) is 5.69 Å². The number of nitrogens with one attached hydrogen (secondary N) is 2. The second kappa shape index (κ2) is 7.74. The second-order valence-electron chi connectivity index (χ2n) is 6.02. The van der Waals surface area contributed by atoms with E-state index in [0.29, 0.717) is 24.5 Å². The molecule has 3 aromatic rings. The van der Waals surface area contributed by atoms with Gasteiger partial charge in [-0.05, 0) is 41.5 Å². The van der Waals surface area contributed by atoms with Crippen LogP contribution in [0, 0.1) is 0 Å². The largest absolute Gasteiger partial charge is 0.454 e. The molecule has 1 aliphatic heterocycles. The Morgan fingerprint density at radius 3 is 2.74 bits per heavy atom. The molecule has 1 aliphatic rings. The fourth-order valence-electron chi connectivity index (χ4n) is 2.66. The second-order valence-corrected chi connectivity index (χ2v) is 6.02. The predicted octanol–water partition coefficient (Wildman–Crippen LogP) is 2.75. The highest BCUT2D eigenvalue weighted by molar-refractivity contribution is 5.92. The van der Waals surface area contributed by atoms with Crippen LogP contribution in [-0.2, 0) is 13.1 Å². The summed E-state index contributed by atoms with van der Waals surface area (Å²) in [5.74, 6) is 1.19. The number of ether oxygens (including phenoxy) is 2. The first-order valence-corrected chi connectivity index (χ1v) is 8.53. The van der Waals surface area contributed by atoms with Gasteiger partial charge in [0.05, 0.1) is 11.9 Å². The van der Waals surface area contributed by atoms with Crippen LogP contribution in [0.1, 0.15) is 21.6 Å². The van der Waals surface area contributed by atoms with Gasteiger partial charge in [0.15, 0.2) is 11.5 Å². The van der Waals surface area contributed by atoms with Crippen LogP contribution in [0.15, 0.2) is 61.1 Å². The van der Waals surface area contributed by atoms with Gasteiger partial charge in [0.2, 0.25) is 6.79 Å². The standard InChI is InChI=1S/C20H18N4O3/c25-20(24-10-14-3-6-18-19(8-14)27-13-26-18)17-5-4-16(12-23-17)22-11-15-2-1-7-21-9-15/h1-9,12,22H,10-11,13H2,(H,24,25). The Labute approximate surface area is 156 Å². The van der Waals surface area contributed by atoms with Crippen LogP contribution in [0.3, 0.4) is 0 Å². The molecular formula is C20H18N4O3. The highest BCUT2D eigenvalue weighted by Gasteiger charge is 2.14. The lowest BCUT2D eigenvalue weighted by atomic mass is 10.2. The number of rotatable bonds is 6. The molecule has 0 aliphatic carbocycles. The van der Waals surface area contributed by atoms with Crippen LogP contribution in [0.2, 0.25) is 0 Å². The molecule has 4 rings (SSSR count). The molecule has 2 aromatic heterocycles. The van der Waals surface area contributed by atoms with Gasteiger partial charge in [-0.25, -0.2) is 4.98 Å². The molecule has 0 atom stereocenters. The summed E-state index contributed by atoms with van der Waals surface area (Å²) in [6, 6.07) is 13.0. The lowest BCUT2D eigenvalue weighted by molar-refractivity contribution is 0.0946.